The van der Waals surface area contributed by atoms with E-state index in [2.05, 4.69) is 5.32 Å². The molecule has 1 N–H and O–H groups in total. The van der Waals surface area contributed by atoms with Gasteiger partial charge in [0.2, 0.25) is 5.91 Å². The Morgan fingerprint density at radius 1 is 1.07 bits per heavy atom. The molecule has 2 aromatic carbocycles. The third kappa shape index (κ3) is 6.66. The molecule has 0 radical (unpaired) electrons. The number of nitrogens with zero attached hydrogens (tertiary/aromatic N) is 1. The number of hydrogen-bond donors (Lipinski definition) is 1. The van der Waals surface area contributed by atoms with Crippen LogP contribution in [0.5, 0.6) is 11.5 Å². The zero-order chi connectivity index (χ0) is 22.1. The SMILES string of the molecule is CC[C@@H](C)NC(=O)[C@H](C)N(Cc1ccc(Cl)cc1)C(=O)COc1ccccc1OC. The summed E-state index contributed by atoms with van der Waals surface area (Å²) in [6, 6.07) is 13.7. The van der Waals surface area contributed by atoms with Crippen LogP contribution >= 0.6 is 11.6 Å². The molecular weight excluding hydrogens is 404 g/mol. The first-order chi connectivity index (χ1) is 14.3. The summed E-state index contributed by atoms with van der Waals surface area (Å²) in [7, 11) is 1.54. The van der Waals surface area contributed by atoms with Crippen LogP contribution in [0.3, 0.4) is 0 Å². The van der Waals surface area contributed by atoms with Crippen LogP contribution < -0.4 is 14.8 Å². The van der Waals surface area contributed by atoms with Crippen LogP contribution in [-0.4, -0.2) is 42.5 Å². The quantitative estimate of drug-likeness (QED) is 0.614. The minimum Gasteiger partial charge on any atom is -0.493 e. The van der Waals surface area contributed by atoms with Crippen LogP contribution in [-0.2, 0) is 16.1 Å². The van der Waals surface area contributed by atoms with Crippen molar-refractivity contribution < 1.29 is 19.1 Å². The van der Waals surface area contributed by atoms with Gasteiger partial charge in [-0.3, -0.25) is 9.59 Å². The zero-order valence-corrected chi connectivity index (χ0v) is 18.6. The van der Waals surface area contributed by atoms with E-state index in [9.17, 15) is 9.59 Å². The van der Waals surface area contributed by atoms with Gasteiger partial charge < -0.3 is 19.7 Å². The molecule has 2 atom stereocenters. The first-order valence-corrected chi connectivity index (χ1v) is 10.3. The number of carbonyl (C=O) groups excluding carboxylic acids is 2. The average molecular weight is 433 g/mol. The van der Waals surface area contributed by atoms with E-state index < -0.39 is 6.04 Å². The summed E-state index contributed by atoms with van der Waals surface area (Å²) in [5.74, 6) is 0.500. The van der Waals surface area contributed by atoms with Crippen LogP contribution in [0.2, 0.25) is 5.02 Å². The van der Waals surface area contributed by atoms with Gasteiger partial charge in [0.15, 0.2) is 18.1 Å². The molecule has 7 heteroatoms. The van der Waals surface area contributed by atoms with Gasteiger partial charge in [-0.1, -0.05) is 42.8 Å². The molecule has 2 rings (SSSR count). The molecule has 6 nitrogen and oxygen atoms in total. The summed E-state index contributed by atoms with van der Waals surface area (Å²) < 4.78 is 11.0. The lowest BCUT2D eigenvalue weighted by molar-refractivity contribution is -0.142. The van der Waals surface area contributed by atoms with Crippen LogP contribution in [0.25, 0.3) is 0 Å². The molecule has 0 aromatic heterocycles. The molecule has 0 aliphatic rings. The summed E-state index contributed by atoms with van der Waals surface area (Å²) in [6.45, 7) is 5.69. The largest absolute Gasteiger partial charge is 0.493 e. The second-order valence-corrected chi connectivity index (χ2v) is 7.52. The number of amides is 2. The minimum atomic E-state index is -0.663. The van der Waals surface area contributed by atoms with Crippen molar-refractivity contribution in [1.29, 1.82) is 0 Å². The highest BCUT2D eigenvalue weighted by atomic mass is 35.5. The molecule has 0 spiro atoms. The van der Waals surface area contributed by atoms with E-state index in [1.54, 1.807) is 37.3 Å². The predicted octanol–water partition coefficient (Wildman–Crippen LogP) is 4.06. The highest BCUT2D eigenvalue weighted by Crippen LogP contribution is 2.26. The maximum Gasteiger partial charge on any atom is 0.261 e. The Morgan fingerprint density at radius 3 is 2.30 bits per heavy atom. The minimum absolute atomic E-state index is 0.0252. The number of methoxy groups -OCH3 is 1. The van der Waals surface area contributed by atoms with Gasteiger partial charge >= 0.3 is 0 Å². The molecule has 162 valence electrons. The van der Waals surface area contributed by atoms with Crippen LogP contribution in [0.15, 0.2) is 48.5 Å². The van der Waals surface area contributed by atoms with Gasteiger partial charge in [-0.15, -0.1) is 0 Å². The molecule has 0 fully saturated rings. The van der Waals surface area contributed by atoms with Crippen LogP contribution in [0.1, 0.15) is 32.8 Å². The Labute approximate surface area is 183 Å². The fraction of sp³-hybridized carbons (Fsp3) is 0.391. The van der Waals surface area contributed by atoms with Gasteiger partial charge in [0, 0.05) is 17.6 Å². The Morgan fingerprint density at radius 2 is 1.70 bits per heavy atom. The predicted molar refractivity (Wildman–Crippen MR) is 118 cm³/mol. The highest BCUT2D eigenvalue weighted by Gasteiger charge is 2.27. The Bertz CT molecular complexity index is 841. The highest BCUT2D eigenvalue weighted by molar-refractivity contribution is 6.30. The van der Waals surface area contributed by atoms with Crippen LogP contribution in [0, 0.1) is 0 Å². The van der Waals surface area contributed by atoms with Crippen molar-refractivity contribution in [3.63, 3.8) is 0 Å². The average Bonchev–Trinajstić information content (AvgIpc) is 2.76. The smallest absolute Gasteiger partial charge is 0.261 e. The van der Waals surface area contributed by atoms with Crippen LogP contribution in [0.4, 0.5) is 0 Å². The van der Waals surface area contributed by atoms with E-state index in [1.165, 1.54) is 12.0 Å². The zero-order valence-electron chi connectivity index (χ0n) is 17.9. The monoisotopic (exact) mass is 432 g/mol. The first-order valence-electron chi connectivity index (χ1n) is 9.95. The van der Waals surface area contributed by atoms with Crippen molar-refractivity contribution >= 4 is 23.4 Å². The number of nitrogens with one attached hydrogen (secondary N) is 1. The number of hydrogen-bond acceptors (Lipinski definition) is 4. The molecule has 0 aliphatic carbocycles. The molecule has 0 heterocycles. The normalized spacial score (nSPS) is 12.6. The lowest BCUT2D eigenvalue weighted by atomic mass is 10.1. The van der Waals surface area contributed by atoms with Gasteiger partial charge in [-0.25, -0.2) is 0 Å². The maximum atomic E-state index is 13.0. The molecule has 0 saturated carbocycles. The molecule has 0 aliphatic heterocycles. The van der Waals surface area contributed by atoms with Crippen molar-refractivity contribution in [2.24, 2.45) is 0 Å². The number of carbonyl (C=O) groups is 2. The number of halogens is 1. The molecule has 2 aromatic rings. The van der Waals surface area contributed by atoms with E-state index in [-0.39, 0.29) is 31.0 Å². The third-order valence-corrected chi connectivity index (χ3v) is 5.11. The van der Waals surface area contributed by atoms with Gasteiger partial charge in [0.05, 0.1) is 7.11 Å². The topological polar surface area (TPSA) is 67.9 Å². The number of rotatable bonds is 10. The molecule has 0 unspecified atom stereocenters. The lowest BCUT2D eigenvalue weighted by Crippen LogP contribution is -2.50. The number of ether oxygens (including phenoxy) is 2. The summed E-state index contributed by atoms with van der Waals surface area (Å²) >= 11 is 5.97. The fourth-order valence-corrected chi connectivity index (χ4v) is 2.92. The number of benzene rings is 2. The molecular formula is C23H29ClN2O4. The third-order valence-electron chi connectivity index (χ3n) is 4.85. The summed E-state index contributed by atoms with van der Waals surface area (Å²) in [5.41, 5.74) is 0.869. The summed E-state index contributed by atoms with van der Waals surface area (Å²) in [4.78, 5) is 27.2. The second-order valence-electron chi connectivity index (χ2n) is 7.08. The fourth-order valence-electron chi connectivity index (χ4n) is 2.80. The van der Waals surface area contributed by atoms with E-state index >= 15 is 0 Å². The maximum absolute atomic E-state index is 13.0. The molecule has 0 saturated heterocycles. The molecule has 30 heavy (non-hydrogen) atoms. The standard InChI is InChI=1S/C23H29ClN2O4/c1-5-16(2)25-23(28)17(3)26(14-18-10-12-19(24)13-11-18)22(27)15-30-21-9-7-6-8-20(21)29-4/h6-13,16-17H,5,14-15H2,1-4H3,(H,25,28)/t16-,17+/m1/s1. The summed E-state index contributed by atoms with van der Waals surface area (Å²) in [6.07, 6.45) is 0.806. The van der Waals surface area contributed by atoms with Gasteiger partial charge in [-0.2, -0.15) is 0 Å². The van der Waals surface area contributed by atoms with Crippen molar-refractivity contribution in [2.45, 2.75) is 45.8 Å². The van der Waals surface area contributed by atoms with Crippen molar-refractivity contribution in [2.75, 3.05) is 13.7 Å². The van der Waals surface area contributed by atoms with Crippen molar-refractivity contribution in [3.05, 3.63) is 59.1 Å². The van der Waals surface area contributed by atoms with E-state index in [1.807, 2.05) is 32.0 Å². The Hall–Kier alpha value is -2.73. The van der Waals surface area contributed by atoms with Gasteiger partial charge in [0.25, 0.3) is 5.91 Å². The second kappa shape index (κ2) is 11.5. The number of para-hydroxylation sites is 2. The van der Waals surface area contributed by atoms with Gasteiger partial charge in [-0.05, 0) is 50.1 Å². The van der Waals surface area contributed by atoms with E-state index in [0.29, 0.717) is 16.5 Å². The van der Waals surface area contributed by atoms with E-state index in [0.717, 1.165) is 12.0 Å². The first kappa shape index (κ1) is 23.5. The Balaban J connectivity index is 2.17. The van der Waals surface area contributed by atoms with Gasteiger partial charge in [0.1, 0.15) is 6.04 Å². The summed E-state index contributed by atoms with van der Waals surface area (Å²) in [5, 5.41) is 3.55. The molecule has 0 bridgehead atoms. The van der Waals surface area contributed by atoms with Crippen molar-refractivity contribution in [1.82, 2.24) is 10.2 Å². The molecule has 2 amide bonds. The lowest BCUT2D eigenvalue weighted by Gasteiger charge is -2.29. The Kier molecular flexibility index (Phi) is 8.99. The van der Waals surface area contributed by atoms with Crippen molar-refractivity contribution in [3.8, 4) is 11.5 Å². The van der Waals surface area contributed by atoms with E-state index in [4.69, 9.17) is 21.1 Å².